The number of carbonyl (C=O) groups is 1. The van der Waals surface area contributed by atoms with Crippen LogP contribution in [-0.4, -0.2) is 36.4 Å². The van der Waals surface area contributed by atoms with Gasteiger partial charge in [0, 0.05) is 29.6 Å². The first-order valence-electron chi connectivity index (χ1n) is 13.0. The van der Waals surface area contributed by atoms with Crippen molar-refractivity contribution >= 4 is 17.3 Å². The SMILES string of the molecule is CCCc1c(OCCCOc2cc(O)c(-c3nccs3)cc2CC)cccc1Oc1ccccc1C(=O)OC. The van der Waals surface area contributed by atoms with Gasteiger partial charge in [0.25, 0.3) is 0 Å². The number of ether oxygens (including phenoxy) is 4. The van der Waals surface area contributed by atoms with Crippen molar-refractivity contribution in [3.05, 3.63) is 82.9 Å². The predicted octanol–water partition coefficient (Wildman–Crippen LogP) is 7.46. The van der Waals surface area contributed by atoms with Crippen molar-refractivity contribution in [2.24, 2.45) is 0 Å². The van der Waals surface area contributed by atoms with Crippen molar-refractivity contribution in [3.8, 4) is 39.3 Å². The van der Waals surface area contributed by atoms with Crippen LogP contribution >= 0.6 is 11.3 Å². The van der Waals surface area contributed by atoms with E-state index in [1.54, 1.807) is 30.5 Å². The number of nitrogens with zero attached hydrogens (tertiary/aromatic N) is 1. The molecule has 0 bridgehead atoms. The highest BCUT2D eigenvalue weighted by Crippen LogP contribution is 2.37. The minimum Gasteiger partial charge on any atom is -0.507 e. The first-order valence-corrected chi connectivity index (χ1v) is 13.9. The number of phenolic OH excluding ortho intramolecular Hbond substituents is 1. The molecule has 39 heavy (non-hydrogen) atoms. The maximum absolute atomic E-state index is 12.2. The van der Waals surface area contributed by atoms with Gasteiger partial charge in [0.1, 0.15) is 39.3 Å². The van der Waals surface area contributed by atoms with Gasteiger partial charge in [0.05, 0.1) is 25.9 Å². The van der Waals surface area contributed by atoms with E-state index in [4.69, 9.17) is 18.9 Å². The quantitative estimate of drug-likeness (QED) is 0.137. The van der Waals surface area contributed by atoms with Crippen molar-refractivity contribution in [2.45, 2.75) is 39.5 Å². The zero-order valence-electron chi connectivity index (χ0n) is 22.4. The Bertz CT molecular complexity index is 1390. The highest BCUT2D eigenvalue weighted by Gasteiger charge is 2.17. The second-order valence-corrected chi connectivity index (χ2v) is 9.69. The van der Waals surface area contributed by atoms with Gasteiger partial charge in [-0.1, -0.05) is 38.5 Å². The number of thiazole rings is 1. The fraction of sp³-hybridized carbons (Fsp3) is 0.290. The summed E-state index contributed by atoms with van der Waals surface area (Å²) in [5.74, 6) is 2.19. The molecule has 0 radical (unpaired) electrons. The summed E-state index contributed by atoms with van der Waals surface area (Å²) in [5.41, 5.74) is 3.04. The molecule has 8 heteroatoms. The van der Waals surface area contributed by atoms with E-state index >= 15 is 0 Å². The Morgan fingerprint density at radius 1 is 0.949 bits per heavy atom. The number of benzene rings is 3. The molecule has 0 unspecified atom stereocenters. The lowest BCUT2D eigenvalue weighted by Crippen LogP contribution is -2.08. The number of phenols is 1. The molecule has 0 spiro atoms. The van der Waals surface area contributed by atoms with Crippen LogP contribution in [0.3, 0.4) is 0 Å². The standard InChI is InChI=1S/C31H33NO6S/c1-4-10-22-26(13-8-14-27(22)38-28-12-7-6-11-23(28)31(34)35-3)36-16-9-17-37-29-20-25(33)24(19-21(29)5-2)30-32-15-18-39-30/h6-8,11-15,18-20,33H,4-5,9-10,16-17H2,1-3H3. The molecule has 0 aliphatic carbocycles. The van der Waals surface area contributed by atoms with Crippen molar-refractivity contribution < 1.29 is 28.8 Å². The van der Waals surface area contributed by atoms with E-state index in [0.29, 0.717) is 42.4 Å². The normalized spacial score (nSPS) is 10.7. The van der Waals surface area contributed by atoms with E-state index in [2.05, 4.69) is 18.8 Å². The van der Waals surface area contributed by atoms with Gasteiger partial charge >= 0.3 is 5.97 Å². The molecule has 0 amide bonds. The molecule has 1 aromatic heterocycles. The average Bonchev–Trinajstić information content (AvgIpc) is 3.49. The minimum atomic E-state index is -0.451. The molecule has 0 saturated heterocycles. The Kier molecular flexibility index (Phi) is 9.80. The molecule has 0 aliphatic rings. The maximum atomic E-state index is 12.2. The number of aromatic nitrogens is 1. The molecule has 7 nitrogen and oxygen atoms in total. The third-order valence-electron chi connectivity index (χ3n) is 6.13. The third-order valence-corrected chi connectivity index (χ3v) is 6.93. The summed E-state index contributed by atoms with van der Waals surface area (Å²) in [6, 6.07) is 16.3. The average molecular weight is 548 g/mol. The zero-order valence-corrected chi connectivity index (χ0v) is 23.3. The van der Waals surface area contributed by atoms with Gasteiger partial charge < -0.3 is 24.1 Å². The number of hydrogen-bond donors (Lipinski definition) is 1. The predicted molar refractivity (Wildman–Crippen MR) is 152 cm³/mol. The van der Waals surface area contributed by atoms with Gasteiger partial charge in [-0.2, -0.15) is 0 Å². The molecule has 1 N–H and O–H groups in total. The molecule has 0 saturated carbocycles. The number of esters is 1. The smallest absolute Gasteiger partial charge is 0.341 e. The highest BCUT2D eigenvalue weighted by atomic mass is 32.1. The lowest BCUT2D eigenvalue weighted by molar-refractivity contribution is 0.0598. The number of methoxy groups -OCH3 is 1. The van der Waals surface area contributed by atoms with Crippen LogP contribution in [0.2, 0.25) is 0 Å². The molecule has 204 valence electrons. The lowest BCUT2D eigenvalue weighted by Gasteiger charge is -2.17. The summed E-state index contributed by atoms with van der Waals surface area (Å²) in [4.78, 5) is 16.5. The summed E-state index contributed by atoms with van der Waals surface area (Å²) in [6.07, 6.45) is 4.81. The van der Waals surface area contributed by atoms with Crippen molar-refractivity contribution in [1.82, 2.24) is 4.98 Å². The van der Waals surface area contributed by atoms with Crippen LogP contribution in [0.1, 0.15) is 48.2 Å². The number of carbonyl (C=O) groups excluding carboxylic acids is 1. The maximum Gasteiger partial charge on any atom is 0.341 e. The molecular formula is C31H33NO6S. The number of rotatable bonds is 13. The number of para-hydroxylation sites is 1. The van der Waals surface area contributed by atoms with Crippen LogP contribution in [0.4, 0.5) is 0 Å². The summed E-state index contributed by atoms with van der Waals surface area (Å²) in [6.45, 7) is 5.04. The largest absolute Gasteiger partial charge is 0.507 e. The van der Waals surface area contributed by atoms with Gasteiger partial charge in [-0.3, -0.25) is 0 Å². The topological polar surface area (TPSA) is 87.1 Å². The Morgan fingerprint density at radius 3 is 2.41 bits per heavy atom. The van der Waals surface area contributed by atoms with Gasteiger partial charge in [-0.15, -0.1) is 11.3 Å². The van der Waals surface area contributed by atoms with E-state index in [0.717, 1.165) is 46.7 Å². The molecule has 0 fully saturated rings. The second kappa shape index (κ2) is 13.7. The molecule has 0 atom stereocenters. The fourth-order valence-corrected chi connectivity index (χ4v) is 4.86. The van der Waals surface area contributed by atoms with Crippen LogP contribution in [0.5, 0.6) is 28.7 Å². The second-order valence-electron chi connectivity index (χ2n) is 8.79. The number of aryl methyl sites for hydroxylation is 1. The van der Waals surface area contributed by atoms with E-state index < -0.39 is 5.97 Å². The number of aromatic hydroxyl groups is 1. The van der Waals surface area contributed by atoms with E-state index in [1.165, 1.54) is 18.4 Å². The molecule has 1 heterocycles. The van der Waals surface area contributed by atoms with Crippen LogP contribution < -0.4 is 14.2 Å². The molecule has 4 rings (SSSR count). The molecule has 0 aliphatic heterocycles. The Labute approximate surface area is 233 Å². The van der Waals surface area contributed by atoms with Gasteiger partial charge in [0.15, 0.2) is 0 Å². The van der Waals surface area contributed by atoms with Crippen molar-refractivity contribution in [3.63, 3.8) is 0 Å². The summed E-state index contributed by atoms with van der Waals surface area (Å²) in [7, 11) is 1.35. The molecule has 3 aromatic carbocycles. The van der Waals surface area contributed by atoms with Crippen LogP contribution in [0.15, 0.2) is 66.2 Å². The highest BCUT2D eigenvalue weighted by molar-refractivity contribution is 7.13. The summed E-state index contributed by atoms with van der Waals surface area (Å²) in [5, 5.41) is 13.2. The zero-order chi connectivity index (χ0) is 27.6. The van der Waals surface area contributed by atoms with Crippen LogP contribution in [0, 0.1) is 0 Å². The first-order chi connectivity index (χ1) is 19.0. The van der Waals surface area contributed by atoms with E-state index in [1.807, 2.05) is 35.7 Å². The third kappa shape index (κ3) is 6.89. The number of hydrogen-bond acceptors (Lipinski definition) is 8. The molecule has 4 aromatic rings. The first kappa shape index (κ1) is 28.0. The van der Waals surface area contributed by atoms with Gasteiger partial charge in [-0.05, 0) is 48.7 Å². The summed E-state index contributed by atoms with van der Waals surface area (Å²) >= 11 is 1.49. The Balaban J connectivity index is 1.40. The summed E-state index contributed by atoms with van der Waals surface area (Å²) < 4.78 is 23.2. The van der Waals surface area contributed by atoms with Crippen LogP contribution in [0.25, 0.3) is 10.6 Å². The fourth-order valence-electron chi connectivity index (χ4n) is 4.20. The van der Waals surface area contributed by atoms with Crippen LogP contribution in [-0.2, 0) is 17.6 Å². The Hall–Kier alpha value is -4.04. The van der Waals surface area contributed by atoms with Crippen molar-refractivity contribution in [2.75, 3.05) is 20.3 Å². The Morgan fingerprint density at radius 2 is 1.69 bits per heavy atom. The van der Waals surface area contributed by atoms with Gasteiger partial charge in [0.2, 0.25) is 0 Å². The minimum absolute atomic E-state index is 0.156. The lowest BCUT2D eigenvalue weighted by atomic mass is 10.1. The van der Waals surface area contributed by atoms with Gasteiger partial charge in [-0.25, -0.2) is 9.78 Å². The van der Waals surface area contributed by atoms with Crippen molar-refractivity contribution in [1.29, 1.82) is 0 Å². The van der Waals surface area contributed by atoms with E-state index in [9.17, 15) is 9.90 Å². The van der Waals surface area contributed by atoms with E-state index in [-0.39, 0.29) is 5.75 Å². The molecular weight excluding hydrogens is 514 g/mol. The monoisotopic (exact) mass is 547 g/mol.